The van der Waals surface area contributed by atoms with Gasteiger partial charge >= 0.3 is 0 Å². The van der Waals surface area contributed by atoms with Crippen molar-refractivity contribution in [3.8, 4) is 0 Å². The fourth-order valence-corrected chi connectivity index (χ4v) is 0.797. The number of carbonyl (C=O) groups excluding carboxylic acids is 2. The standard InChI is InChI=1S/C12H20N2O2/c1-9(2)13-7-5-11(15)12(16)6-8-14-10(3)4/h5-10,13-14H,1-4H3/b7-5-,8-6-. The molecule has 0 aliphatic carbocycles. The summed E-state index contributed by atoms with van der Waals surface area (Å²) in [5.74, 6) is -1.06. The Balaban J connectivity index is 4.04. The third kappa shape index (κ3) is 7.79. The summed E-state index contributed by atoms with van der Waals surface area (Å²) >= 11 is 0. The van der Waals surface area contributed by atoms with Crippen molar-refractivity contribution in [1.82, 2.24) is 10.6 Å². The Kier molecular flexibility index (Phi) is 6.92. The van der Waals surface area contributed by atoms with E-state index >= 15 is 0 Å². The quantitative estimate of drug-likeness (QED) is 0.503. The van der Waals surface area contributed by atoms with Gasteiger partial charge in [-0.15, -0.1) is 0 Å². The highest BCUT2D eigenvalue weighted by Gasteiger charge is 2.05. The van der Waals surface area contributed by atoms with Gasteiger partial charge in [-0.1, -0.05) is 0 Å². The van der Waals surface area contributed by atoms with Gasteiger partial charge in [-0.3, -0.25) is 9.59 Å². The second kappa shape index (κ2) is 7.68. The largest absolute Gasteiger partial charge is 0.389 e. The summed E-state index contributed by atoms with van der Waals surface area (Å²) in [7, 11) is 0. The van der Waals surface area contributed by atoms with E-state index in [1.165, 1.54) is 24.6 Å². The van der Waals surface area contributed by atoms with E-state index in [2.05, 4.69) is 10.6 Å². The Morgan fingerprint density at radius 2 is 1.12 bits per heavy atom. The summed E-state index contributed by atoms with van der Waals surface area (Å²) in [6.45, 7) is 7.79. The number of rotatable bonds is 7. The average molecular weight is 224 g/mol. The zero-order valence-corrected chi connectivity index (χ0v) is 10.3. The van der Waals surface area contributed by atoms with Crippen molar-refractivity contribution in [2.24, 2.45) is 0 Å². The minimum atomic E-state index is -0.532. The molecule has 0 saturated heterocycles. The van der Waals surface area contributed by atoms with Crippen LogP contribution in [0.5, 0.6) is 0 Å². The molecule has 0 aromatic heterocycles. The lowest BCUT2D eigenvalue weighted by Crippen LogP contribution is -2.18. The molecule has 4 heteroatoms. The van der Waals surface area contributed by atoms with Crippen LogP contribution in [0, 0.1) is 0 Å². The molecule has 0 amide bonds. The van der Waals surface area contributed by atoms with Crippen LogP contribution < -0.4 is 10.6 Å². The lowest BCUT2D eigenvalue weighted by atomic mass is 10.2. The average Bonchev–Trinajstić information content (AvgIpc) is 2.16. The maximum absolute atomic E-state index is 11.2. The van der Waals surface area contributed by atoms with Crippen molar-refractivity contribution in [3.05, 3.63) is 24.6 Å². The fourth-order valence-electron chi connectivity index (χ4n) is 0.797. The third-order valence-electron chi connectivity index (χ3n) is 1.57. The molecule has 0 fully saturated rings. The van der Waals surface area contributed by atoms with Crippen LogP contribution in [0.25, 0.3) is 0 Å². The summed E-state index contributed by atoms with van der Waals surface area (Å²) in [4.78, 5) is 22.5. The summed E-state index contributed by atoms with van der Waals surface area (Å²) in [5.41, 5.74) is 0. The molecule has 0 aliphatic rings. The minimum absolute atomic E-state index is 0.248. The molecule has 0 aliphatic heterocycles. The highest BCUT2D eigenvalue weighted by atomic mass is 16.2. The molecule has 0 saturated carbocycles. The van der Waals surface area contributed by atoms with E-state index in [1.54, 1.807) is 0 Å². The lowest BCUT2D eigenvalue weighted by Gasteiger charge is -2.02. The Bertz CT molecular complexity index is 261. The second-order valence-corrected chi connectivity index (χ2v) is 4.04. The van der Waals surface area contributed by atoms with Gasteiger partial charge < -0.3 is 10.6 Å². The van der Waals surface area contributed by atoms with Crippen LogP contribution in [0.15, 0.2) is 24.6 Å². The van der Waals surface area contributed by atoms with E-state index in [-0.39, 0.29) is 12.1 Å². The monoisotopic (exact) mass is 224 g/mol. The molecular formula is C12H20N2O2. The van der Waals surface area contributed by atoms with Crippen molar-refractivity contribution in [2.45, 2.75) is 39.8 Å². The number of hydrogen-bond acceptors (Lipinski definition) is 4. The molecule has 0 spiro atoms. The molecule has 2 N–H and O–H groups in total. The van der Waals surface area contributed by atoms with Gasteiger partial charge in [-0.05, 0) is 27.7 Å². The normalized spacial score (nSPS) is 11.6. The Hall–Kier alpha value is -1.58. The first-order valence-electron chi connectivity index (χ1n) is 5.37. The van der Waals surface area contributed by atoms with Crippen LogP contribution in [0.1, 0.15) is 27.7 Å². The molecule has 0 heterocycles. The van der Waals surface area contributed by atoms with Crippen molar-refractivity contribution in [3.63, 3.8) is 0 Å². The lowest BCUT2D eigenvalue weighted by molar-refractivity contribution is -0.130. The van der Waals surface area contributed by atoms with Crippen molar-refractivity contribution in [2.75, 3.05) is 0 Å². The van der Waals surface area contributed by atoms with Gasteiger partial charge in [0.1, 0.15) is 0 Å². The number of carbonyl (C=O) groups is 2. The number of hydrogen-bond donors (Lipinski definition) is 2. The number of ketones is 2. The van der Waals surface area contributed by atoms with Gasteiger partial charge in [0, 0.05) is 36.6 Å². The van der Waals surface area contributed by atoms with Gasteiger partial charge in [0.2, 0.25) is 11.6 Å². The second-order valence-electron chi connectivity index (χ2n) is 4.04. The van der Waals surface area contributed by atoms with E-state index in [9.17, 15) is 9.59 Å². The minimum Gasteiger partial charge on any atom is -0.389 e. The van der Waals surface area contributed by atoms with Gasteiger partial charge in [-0.2, -0.15) is 0 Å². The molecule has 0 aromatic rings. The summed E-state index contributed by atoms with van der Waals surface area (Å²) in [5, 5.41) is 5.82. The van der Waals surface area contributed by atoms with Crippen LogP contribution in [-0.4, -0.2) is 23.7 Å². The van der Waals surface area contributed by atoms with E-state index in [1.807, 2.05) is 27.7 Å². The van der Waals surface area contributed by atoms with Gasteiger partial charge in [0.25, 0.3) is 0 Å². The predicted octanol–water partition coefficient (Wildman–Crippen LogP) is 1.15. The molecule has 4 nitrogen and oxygen atoms in total. The van der Waals surface area contributed by atoms with E-state index in [0.29, 0.717) is 0 Å². The fraction of sp³-hybridized carbons (Fsp3) is 0.500. The molecular weight excluding hydrogens is 204 g/mol. The van der Waals surface area contributed by atoms with Gasteiger partial charge in [0.15, 0.2) is 0 Å². The summed E-state index contributed by atoms with van der Waals surface area (Å²) < 4.78 is 0. The third-order valence-corrected chi connectivity index (χ3v) is 1.57. The van der Waals surface area contributed by atoms with Crippen LogP contribution in [-0.2, 0) is 9.59 Å². The molecule has 16 heavy (non-hydrogen) atoms. The van der Waals surface area contributed by atoms with Crippen LogP contribution in [0.3, 0.4) is 0 Å². The highest BCUT2D eigenvalue weighted by Crippen LogP contribution is 1.85. The zero-order valence-electron chi connectivity index (χ0n) is 10.3. The molecule has 90 valence electrons. The molecule has 0 radical (unpaired) electrons. The Labute approximate surface area is 96.8 Å². The molecule has 0 rings (SSSR count). The van der Waals surface area contributed by atoms with Crippen molar-refractivity contribution in [1.29, 1.82) is 0 Å². The maximum atomic E-state index is 11.2. The number of allylic oxidation sites excluding steroid dienone is 2. The maximum Gasteiger partial charge on any atom is 0.227 e. The summed E-state index contributed by atoms with van der Waals surface area (Å²) in [6, 6.07) is 0.495. The smallest absolute Gasteiger partial charge is 0.227 e. The number of nitrogens with one attached hydrogen (secondary N) is 2. The molecule has 0 unspecified atom stereocenters. The predicted molar refractivity (Wildman–Crippen MR) is 64.8 cm³/mol. The molecule has 0 bridgehead atoms. The summed E-state index contributed by atoms with van der Waals surface area (Å²) in [6.07, 6.45) is 5.47. The molecule has 0 atom stereocenters. The van der Waals surface area contributed by atoms with E-state index in [0.717, 1.165) is 0 Å². The molecule has 0 aromatic carbocycles. The zero-order chi connectivity index (χ0) is 12.6. The highest BCUT2D eigenvalue weighted by molar-refractivity contribution is 6.45. The van der Waals surface area contributed by atoms with E-state index < -0.39 is 11.6 Å². The van der Waals surface area contributed by atoms with Gasteiger partial charge in [-0.25, -0.2) is 0 Å². The van der Waals surface area contributed by atoms with Crippen molar-refractivity contribution < 1.29 is 9.59 Å². The van der Waals surface area contributed by atoms with E-state index in [4.69, 9.17) is 0 Å². The van der Waals surface area contributed by atoms with Gasteiger partial charge in [0.05, 0.1) is 0 Å². The van der Waals surface area contributed by atoms with Crippen molar-refractivity contribution >= 4 is 11.6 Å². The van der Waals surface area contributed by atoms with Crippen LogP contribution >= 0.6 is 0 Å². The Morgan fingerprint density at radius 3 is 1.38 bits per heavy atom. The first-order chi connectivity index (χ1) is 7.43. The van der Waals surface area contributed by atoms with Crippen LogP contribution in [0.2, 0.25) is 0 Å². The Morgan fingerprint density at radius 1 is 0.812 bits per heavy atom. The van der Waals surface area contributed by atoms with Crippen LogP contribution in [0.4, 0.5) is 0 Å². The first kappa shape index (κ1) is 14.4. The topological polar surface area (TPSA) is 58.2 Å². The SMILES string of the molecule is CC(C)N/C=C\C(=O)C(=O)/C=C\NC(C)C. The first-order valence-corrected chi connectivity index (χ1v) is 5.37.